The van der Waals surface area contributed by atoms with Gasteiger partial charge in [0, 0.05) is 91.5 Å². The summed E-state index contributed by atoms with van der Waals surface area (Å²) in [4.78, 5) is 71.7. The molecule has 2 atom stereocenters. The van der Waals surface area contributed by atoms with E-state index < -0.39 is 33.9 Å². The van der Waals surface area contributed by atoms with Crippen molar-refractivity contribution in [3.05, 3.63) is 35.9 Å². The third-order valence-electron chi connectivity index (χ3n) is 13.3. The molecule has 2 heterocycles. The van der Waals surface area contributed by atoms with Gasteiger partial charge in [-0.05, 0) is 110 Å². The van der Waals surface area contributed by atoms with E-state index >= 15 is 0 Å². The molecular formula is C53H106N6O11S2Si2. The fourth-order valence-electron chi connectivity index (χ4n) is 6.55. The molecule has 2 N–H and O–H groups in total. The van der Waals surface area contributed by atoms with E-state index in [0.717, 1.165) is 12.0 Å². The molecule has 434 valence electrons. The molecule has 0 spiro atoms. The second-order valence-electron chi connectivity index (χ2n) is 23.5. The number of ether oxygens (including phenoxy) is 3. The van der Waals surface area contributed by atoms with Crippen LogP contribution in [0.2, 0.25) is 36.3 Å². The summed E-state index contributed by atoms with van der Waals surface area (Å²) in [6.07, 6.45) is 0.858. The van der Waals surface area contributed by atoms with Gasteiger partial charge in [0.1, 0.15) is 17.8 Å². The van der Waals surface area contributed by atoms with Gasteiger partial charge in [-0.3, -0.25) is 9.59 Å². The highest BCUT2D eigenvalue weighted by molar-refractivity contribution is 7.59. The van der Waals surface area contributed by atoms with Crippen molar-refractivity contribution in [1.82, 2.24) is 29.8 Å². The summed E-state index contributed by atoms with van der Waals surface area (Å²) < 4.78 is 29.2. The Balaban J connectivity index is -0.00000129. The average Bonchev–Trinajstić information content (AvgIpc) is 3.27. The largest absolute Gasteiger partial charge is 0.445 e. The standard InChI is InChI=1S/C29H49N3O6Si.C21H43N3O4Si.C2H6O.CH4.2H2S/c1-28(2,3)38-27(35)32-19-17-31(18-20-32)25(33)16-15-24(22-37-39(8,9)29(4,5)6)30(7)26(34)36-21-23-13-11-10-12-14-23;1-20(2,3)28-19(26)24-14-12-23(13-15-24)18(25)11-10-17(22-7)16-27-29(8,9)21(4,5)6;1-2-3;;;/h10-14,24H,15-22H2,1-9H3;17,22H,10-16H2,1-9H3;3H,2H2,1H3;1H4;2*1H2/t24-;17-;;;;/m00..../s1. The number of benzene rings is 1. The number of carbonyl (C=O) groups excluding carboxylic acids is 5. The minimum atomic E-state index is -2.07. The predicted octanol–water partition coefficient (Wildman–Crippen LogP) is 9.82. The number of hydrogen-bond donors (Lipinski definition) is 2. The number of piperazine rings is 2. The van der Waals surface area contributed by atoms with Crippen LogP contribution in [0, 0.1) is 0 Å². The highest BCUT2D eigenvalue weighted by Gasteiger charge is 2.39. The molecule has 0 radical (unpaired) electrons. The molecule has 2 fully saturated rings. The molecule has 0 bridgehead atoms. The summed E-state index contributed by atoms with van der Waals surface area (Å²) >= 11 is 0. The van der Waals surface area contributed by atoms with Crippen LogP contribution in [0.25, 0.3) is 0 Å². The smallest absolute Gasteiger partial charge is 0.410 e. The highest BCUT2D eigenvalue weighted by Crippen LogP contribution is 2.38. The van der Waals surface area contributed by atoms with Crippen LogP contribution in [0.1, 0.15) is 129 Å². The predicted molar refractivity (Wildman–Crippen MR) is 315 cm³/mol. The van der Waals surface area contributed by atoms with E-state index in [4.69, 9.17) is 28.2 Å². The molecule has 17 nitrogen and oxygen atoms in total. The molecule has 74 heavy (non-hydrogen) atoms. The topological polar surface area (TPSA) is 180 Å². The van der Waals surface area contributed by atoms with Gasteiger partial charge in [-0.15, -0.1) is 0 Å². The molecule has 1 aromatic rings. The summed E-state index contributed by atoms with van der Waals surface area (Å²) in [6, 6.07) is 9.40. The number of hydrogen-bond acceptors (Lipinski definition) is 12. The van der Waals surface area contributed by atoms with E-state index in [1.807, 2.05) is 83.8 Å². The normalized spacial score (nSPS) is 15.2. The lowest BCUT2D eigenvalue weighted by Crippen LogP contribution is -2.52. The van der Waals surface area contributed by atoms with Crippen molar-refractivity contribution in [2.75, 3.05) is 86.3 Å². The first-order valence-corrected chi connectivity index (χ1v) is 31.4. The fraction of sp³-hybridized carbons (Fsp3) is 0.792. The number of nitrogens with one attached hydrogen (secondary N) is 1. The minimum Gasteiger partial charge on any atom is -0.445 e. The van der Waals surface area contributed by atoms with Gasteiger partial charge in [0.05, 0.1) is 12.6 Å². The van der Waals surface area contributed by atoms with Crippen LogP contribution >= 0.6 is 27.0 Å². The number of carbonyl (C=O) groups is 5. The van der Waals surface area contributed by atoms with Gasteiger partial charge >= 0.3 is 18.3 Å². The maximum Gasteiger partial charge on any atom is 0.410 e. The van der Waals surface area contributed by atoms with Gasteiger partial charge in [-0.1, -0.05) is 79.3 Å². The van der Waals surface area contributed by atoms with Gasteiger partial charge in [0.15, 0.2) is 16.6 Å². The van der Waals surface area contributed by atoms with Crippen LogP contribution in [0.5, 0.6) is 0 Å². The Bertz CT molecular complexity index is 1780. The number of rotatable bonds is 16. The number of amides is 5. The van der Waals surface area contributed by atoms with E-state index in [9.17, 15) is 24.0 Å². The Morgan fingerprint density at radius 2 is 0.986 bits per heavy atom. The molecule has 2 saturated heterocycles. The van der Waals surface area contributed by atoms with Crippen molar-refractivity contribution in [2.24, 2.45) is 0 Å². The summed E-state index contributed by atoms with van der Waals surface area (Å²) in [5, 5.41) is 11.1. The lowest BCUT2D eigenvalue weighted by molar-refractivity contribution is -0.134. The van der Waals surface area contributed by atoms with Crippen molar-refractivity contribution in [2.45, 2.75) is 189 Å². The van der Waals surface area contributed by atoms with Crippen LogP contribution in [0.15, 0.2) is 30.3 Å². The lowest BCUT2D eigenvalue weighted by atomic mass is 10.1. The molecule has 1 aromatic carbocycles. The number of aliphatic hydroxyl groups is 1. The zero-order chi connectivity index (χ0) is 54.6. The third-order valence-corrected chi connectivity index (χ3v) is 22.3. The quantitative estimate of drug-likeness (QED) is 0.118. The average molecular weight is 1120 g/mol. The van der Waals surface area contributed by atoms with Crippen LogP contribution in [-0.2, 0) is 39.3 Å². The third kappa shape index (κ3) is 28.4. The van der Waals surface area contributed by atoms with Gasteiger partial charge in [0.25, 0.3) is 0 Å². The van der Waals surface area contributed by atoms with Crippen molar-refractivity contribution >= 4 is 73.7 Å². The first kappa shape index (κ1) is 75.2. The molecule has 21 heteroatoms. The van der Waals surface area contributed by atoms with Crippen LogP contribution in [0.3, 0.4) is 0 Å². The first-order valence-electron chi connectivity index (χ1n) is 25.6. The van der Waals surface area contributed by atoms with Crippen molar-refractivity contribution < 1.29 is 52.1 Å². The van der Waals surface area contributed by atoms with Crippen LogP contribution < -0.4 is 5.32 Å². The summed E-state index contributed by atoms with van der Waals surface area (Å²) in [5.41, 5.74) is -0.146. The number of likely N-dealkylation sites (N-methyl/N-ethyl adjacent to an activating group) is 2. The zero-order valence-corrected chi connectivity index (χ0v) is 52.6. The fourth-order valence-corrected chi connectivity index (χ4v) is 8.64. The van der Waals surface area contributed by atoms with Crippen LogP contribution in [0.4, 0.5) is 14.4 Å². The second-order valence-corrected chi connectivity index (χ2v) is 33.1. The molecular weight excluding hydrogens is 1020 g/mol. The summed E-state index contributed by atoms with van der Waals surface area (Å²) in [7, 11) is -0.234. The molecule has 2 aliphatic heterocycles. The Hall–Kier alpha value is -3.06. The Labute approximate surface area is 465 Å². The minimum absolute atomic E-state index is 0. The van der Waals surface area contributed by atoms with Crippen molar-refractivity contribution in [1.29, 1.82) is 0 Å². The van der Waals surface area contributed by atoms with Gasteiger partial charge in [0.2, 0.25) is 11.8 Å². The van der Waals surface area contributed by atoms with Crippen LogP contribution in [-0.4, -0.2) is 186 Å². The maximum absolute atomic E-state index is 13.1. The molecule has 5 amide bonds. The van der Waals surface area contributed by atoms with Crippen molar-refractivity contribution in [3.8, 4) is 0 Å². The van der Waals surface area contributed by atoms with Crippen molar-refractivity contribution in [3.63, 3.8) is 0 Å². The van der Waals surface area contributed by atoms with Gasteiger partial charge in [-0.25, -0.2) is 14.4 Å². The first-order chi connectivity index (χ1) is 32.6. The molecule has 2 aliphatic rings. The molecule has 3 rings (SSSR count). The van der Waals surface area contributed by atoms with E-state index in [0.29, 0.717) is 78.4 Å². The van der Waals surface area contributed by atoms with E-state index in [1.165, 1.54) is 0 Å². The zero-order valence-electron chi connectivity index (χ0n) is 48.6. The maximum atomic E-state index is 13.1. The lowest BCUT2D eigenvalue weighted by Gasteiger charge is -2.39. The summed E-state index contributed by atoms with van der Waals surface area (Å²) in [5.74, 6) is 0.142. The molecule has 0 aliphatic carbocycles. The molecule has 0 saturated carbocycles. The monoisotopic (exact) mass is 1120 g/mol. The SMILES string of the molecule is C.CCO.CN(C(=O)OCc1ccccc1)[C@@H](CCC(=O)N1CCN(C(=O)OC(C)(C)C)CC1)CO[Si](C)(C)C(C)(C)C.CN[C@@H](CCC(=O)N1CCN(C(=O)OC(C)(C)C)CC1)CO[Si](C)(C)C(C)(C)C.S.S. The molecule has 0 aromatic heterocycles. The van der Waals surface area contributed by atoms with E-state index in [2.05, 4.69) is 73.0 Å². The van der Waals surface area contributed by atoms with Gasteiger partial charge in [-0.2, -0.15) is 27.0 Å². The number of aliphatic hydroxyl groups excluding tert-OH is 1. The number of nitrogens with zero attached hydrogens (tertiary/aromatic N) is 5. The second kappa shape index (κ2) is 34.0. The Morgan fingerprint density at radius 1 is 0.635 bits per heavy atom. The van der Waals surface area contributed by atoms with Gasteiger partial charge < -0.3 is 58.0 Å². The molecule has 0 unspecified atom stereocenters. The van der Waals surface area contributed by atoms with E-state index in [1.54, 1.807) is 33.6 Å². The summed E-state index contributed by atoms with van der Waals surface area (Å²) in [6.45, 7) is 40.2. The highest BCUT2D eigenvalue weighted by atomic mass is 32.1. The van der Waals surface area contributed by atoms with E-state index in [-0.39, 0.29) is 100 Å². The Morgan fingerprint density at radius 3 is 1.34 bits per heavy atom. The Kier molecular flexibility index (Phi) is 34.5.